The first-order valence-corrected chi connectivity index (χ1v) is 6.16. The number of methoxy groups -OCH3 is 1. The lowest BCUT2D eigenvalue weighted by Gasteiger charge is -2.16. The summed E-state index contributed by atoms with van der Waals surface area (Å²) in [5, 5.41) is 3.13. The van der Waals surface area contributed by atoms with Gasteiger partial charge in [0.2, 0.25) is 11.8 Å². The zero-order chi connectivity index (χ0) is 13.0. The molecule has 1 saturated carbocycles. The lowest BCUT2D eigenvalue weighted by molar-refractivity contribution is -0.129. The number of hydrogen-bond donors (Lipinski definition) is 1. The van der Waals surface area contributed by atoms with E-state index in [4.69, 9.17) is 4.74 Å². The number of carbonyl (C=O) groups is 1. The Balaban J connectivity index is 1.79. The van der Waals surface area contributed by atoms with E-state index >= 15 is 0 Å². The standard InChI is InChI=1S/C13H19N3O2/c1-16(11-5-6-11)12(17)9-14-8-10-4-3-7-15-13(10)18-2/h3-4,7,11,14H,5-6,8-9H2,1-2H3. The van der Waals surface area contributed by atoms with E-state index in [9.17, 15) is 4.79 Å². The van der Waals surface area contributed by atoms with E-state index in [0.29, 0.717) is 25.0 Å². The van der Waals surface area contributed by atoms with Gasteiger partial charge in [0.1, 0.15) is 0 Å². The van der Waals surface area contributed by atoms with Crippen molar-refractivity contribution in [3.8, 4) is 5.88 Å². The van der Waals surface area contributed by atoms with Crippen molar-refractivity contribution in [1.29, 1.82) is 0 Å². The van der Waals surface area contributed by atoms with Gasteiger partial charge in [0, 0.05) is 31.4 Å². The van der Waals surface area contributed by atoms with Crippen LogP contribution in [0, 0.1) is 0 Å². The molecule has 1 heterocycles. The molecule has 98 valence electrons. The molecule has 0 radical (unpaired) electrons. The first-order chi connectivity index (χ1) is 8.72. The minimum absolute atomic E-state index is 0.139. The second kappa shape index (κ2) is 5.82. The Morgan fingerprint density at radius 2 is 2.39 bits per heavy atom. The third-order valence-corrected chi connectivity index (χ3v) is 3.12. The van der Waals surface area contributed by atoms with Crippen LogP contribution >= 0.6 is 0 Å². The molecular weight excluding hydrogens is 230 g/mol. The van der Waals surface area contributed by atoms with E-state index in [2.05, 4.69) is 10.3 Å². The van der Waals surface area contributed by atoms with E-state index in [0.717, 1.165) is 18.4 Å². The van der Waals surface area contributed by atoms with Crippen LogP contribution in [0.1, 0.15) is 18.4 Å². The van der Waals surface area contributed by atoms with E-state index in [-0.39, 0.29) is 5.91 Å². The van der Waals surface area contributed by atoms with Gasteiger partial charge in [-0.25, -0.2) is 4.98 Å². The Morgan fingerprint density at radius 3 is 3.06 bits per heavy atom. The molecule has 2 rings (SSSR count). The van der Waals surface area contributed by atoms with Crippen molar-refractivity contribution in [2.24, 2.45) is 0 Å². The fourth-order valence-electron chi connectivity index (χ4n) is 1.84. The highest BCUT2D eigenvalue weighted by Crippen LogP contribution is 2.25. The SMILES string of the molecule is COc1ncccc1CNCC(=O)N(C)C1CC1. The van der Waals surface area contributed by atoms with Gasteiger partial charge in [0.25, 0.3) is 0 Å². The summed E-state index contributed by atoms with van der Waals surface area (Å²) in [6, 6.07) is 4.26. The van der Waals surface area contributed by atoms with Crippen LogP contribution in [0.4, 0.5) is 0 Å². The molecule has 5 nitrogen and oxygen atoms in total. The van der Waals surface area contributed by atoms with Gasteiger partial charge in [-0.3, -0.25) is 4.79 Å². The average Bonchev–Trinajstić information content (AvgIpc) is 3.22. The molecule has 0 aromatic carbocycles. The fraction of sp³-hybridized carbons (Fsp3) is 0.538. The van der Waals surface area contributed by atoms with Crippen LogP contribution < -0.4 is 10.1 Å². The van der Waals surface area contributed by atoms with Crippen molar-refractivity contribution in [2.75, 3.05) is 20.7 Å². The van der Waals surface area contributed by atoms with Crippen LogP contribution in [0.5, 0.6) is 5.88 Å². The van der Waals surface area contributed by atoms with Crippen molar-refractivity contribution in [1.82, 2.24) is 15.2 Å². The maximum Gasteiger partial charge on any atom is 0.236 e. The number of nitrogens with one attached hydrogen (secondary N) is 1. The van der Waals surface area contributed by atoms with Gasteiger partial charge in [0.15, 0.2) is 0 Å². The summed E-state index contributed by atoms with van der Waals surface area (Å²) in [7, 11) is 3.46. The Hall–Kier alpha value is -1.62. The number of pyridine rings is 1. The molecule has 1 amide bonds. The Kier molecular flexibility index (Phi) is 4.15. The summed E-state index contributed by atoms with van der Waals surface area (Å²) in [4.78, 5) is 17.7. The zero-order valence-electron chi connectivity index (χ0n) is 10.8. The van der Waals surface area contributed by atoms with Crippen molar-refractivity contribution in [3.05, 3.63) is 23.9 Å². The molecule has 1 aliphatic rings. The molecule has 0 saturated heterocycles. The second-order valence-corrected chi connectivity index (χ2v) is 4.51. The first kappa shape index (κ1) is 12.8. The number of nitrogens with zero attached hydrogens (tertiary/aromatic N) is 2. The largest absolute Gasteiger partial charge is 0.481 e. The van der Waals surface area contributed by atoms with E-state index in [1.165, 1.54) is 0 Å². The fourth-order valence-corrected chi connectivity index (χ4v) is 1.84. The minimum Gasteiger partial charge on any atom is -0.481 e. The van der Waals surface area contributed by atoms with Crippen LogP contribution in [-0.2, 0) is 11.3 Å². The van der Waals surface area contributed by atoms with Gasteiger partial charge >= 0.3 is 0 Å². The van der Waals surface area contributed by atoms with Gasteiger partial charge in [-0.05, 0) is 18.9 Å². The van der Waals surface area contributed by atoms with Crippen molar-refractivity contribution >= 4 is 5.91 Å². The molecule has 0 spiro atoms. The summed E-state index contributed by atoms with van der Waals surface area (Å²) >= 11 is 0. The molecular formula is C13H19N3O2. The van der Waals surface area contributed by atoms with E-state index in [1.807, 2.05) is 24.1 Å². The van der Waals surface area contributed by atoms with Gasteiger partial charge in [-0.2, -0.15) is 0 Å². The molecule has 1 aromatic rings. The number of ether oxygens (including phenoxy) is 1. The lowest BCUT2D eigenvalue weighted by Crippen LogP contribution is -2.36. The van der Waals surface area contributed by atoms with Crippen LogP contribution in [0.15, 0.2) is 18.3 Å². The van der Waals surface area contributed by atoms with Crippen molar-refractivity contribution in [3.63, 3.8) is 0 Å². The van der Waals surface area contributed by atoms with Gasteiger partial charge in [-0.1, -0.05) is 6.07 Å². The number of rotatable bonds is 6. The highest BCUT2D eigenvalue weighted by molar-refractivity contribution is 5.78. The van der Waals surface area contributed by atoms with Crippen molar-refractivity contribution < 1.29 is 9.53 Å². The van der Waals surface area contributed by atoms with E-state index in [1.54, 1.807) is 13.3 Å². The molecule has 5 heteroatoms. The maximum atomic E-state index is 11.8. The summed E-state index contributed by atoms with van der Waals surface area (Å²) < 4.78 is 5.15. The van der Waals surface area contributed by atoms with Crippen LogP contribution in [-0.4, -0.2) is 42.5 Å². The van der Waals surface area contributed by atoms with Crippen molar-refractivity contribution in [2.45, 2.75) is 25.4 Å². The topological polar surface area (TPSA) is 54.5 Å². The minimum atomic E-state index is 0.139. The highest BCUT2D eigenvalue weighted by atomic mass is 16.5. The zero-order valence-corrected chi connectivity index (χ0v) is 10.8. The van der Waals surface area contributed by atoms with Gasteiger partial charge in [0.05, 0.1) is 13.7 Å². The number of carbonyl (C=O) groups excluding carboxylic acids is 1. The van der Waals surface area contributed by atoms with Gasteiger partial charge < -0.3 is 15.0 Å². The third kappa shape index (κ3) is 3.20. The molecule has 1 aromatic heterocycles. The molecule has 0 atom stereocenters. The van der Waals surface area contributed by atoms with Crippen LogP contribution in [0.3, 0.4) is 0 Å². The quantitative estimate of drug-likeness (QED) is 0.810. The summed E-state index contributed by atoms with van der Waals surface area (Å²) in [6.45, 7) is 0.937. The number of amides is 1. The predicted octanol–water partition coefficient (Wildman–Crippen LogP) is 0.801. The average molecular weight is 249 g/mol. The summed E-state index contributed by atoms with van der Waals surface area (Å²) in [5.41, 5.74) is 0.960. The molecule has 18 heavy (non-hydrogen) atoms. The third-order valence-electron chi connectivity index (χ3n) is 3.12. The van der Waals surface area contributed by atoms with Crippen LogP contribution in [0.2, 0.25) is 0 Å². The molecule has 0 bridgehead atoms. The number of aromatic nitrogens is 1. The van der Waals surface area contributed by atoms with E-state index < -0.39 is 0 Å². The number of hydrogen-bond acceptors (Lipinski definition) is 4. The molecule has 0 aliphatic heterocycles. The number of likely N-dealkylation sites (N-methyl/N-ethyl adjacent to an activating group) is 1. The maximum absolute atomic E-state index is 11.8. The highest BCUT2D eigenvalue weighted by Gasteiger charge is 2.28. The summed E-state index contributed by atoms with van der Waals surface area (Å²) in [6.07, 6.45) is 3.96. The lowest BCUT2D eigenvalue weighted by atomic mass is 10.2. The van der Waals surface area contributed by atoms with Crippen LogP contribution in [0.25, 0.3) is 0 Å². The second-order valence-electron chi connectivity index (χ2n) is 4.51. The monoisotopic (exact) mass is 249 g/mol. The normalized spacial score (nSPS) is 14.3. The molecule has 0 unspecified atom stereocenters. The predicted molar refractivity (Wildman–Crippen MR) is 68.3 cm³/mol. The Bertz CT molecular complexity index is 418. The molecule has 1 aliphatic carbocycles. The Labute approximate surface area is 107 Å². The first-order valence-electron chi connectivity index (χ1n) is 6.16. The van der Waals surface area contributed by atoms with Gasteiger partial charge in [-0.15, -0.1) is 0 Å². The summed E-state index contributed by atoms with van der Waals surface area (Å²) in [5.74, 6) is 0.744. The molecule has 1 fully saturated rings. The molecule has 1 N–H and O–H groups in total. The Morgan fingerprint density at radius 1 is 1.61 bits per heavy atom. The smallest absolute Gasteiger partial charge is 0.236 e.